The summed E-state index contributed by atoms with van der Waals surface area (Å²) in [5.74, 6) is -0.113. The molecule has 136 valence electrons. The molecule has 2 aromatic heterocycles. The molecule has 6 nitrogen and oxygen atoms in total. The number of pyridine rings is 1. The summed E-state index contributed by atoms with van der Waals surface area (Å²) in [6, 6.07) is 10.0. The minimum absolute atomic E-state index is 0.0442. The minimum atomic E-state index is -0.509. The van der Waals surface area contributed by atoms with Gasteiger partial charge in [-0.2, -0.15) is 0 Å². The second kappa shape index (κ2) is 6.35. The number of nitrogens with two attached hydrogens (primary N) is 1. The first kappa shape index (κ1) is 17.0. The number of carbonyl (C=O) groups is 1. The van der Waals surface area contributed by atoms with E-state index in [1.165, 1.54) is 12.1 Å². The maximum absolute atomic E-state index is 14.2. The number of aryl methyl sites for hydroxylation is 1. The molecule has 2 heterocycles. The molecule has 0 fully saturated rings. The van der Waals surface area contributed by atoms with Gasteiger partial charge in [0.15, 0.2) is 0 Å². The van der Waals surface area contributed by atoms with Crippen LogP contribution in [-0.2, 0) is 11.2 Å². The number of hydrogen-bond acceptors (Lipinski definition) is 4. The van der Waals surface area contributed by atoms with Crippen molar-refractivity contribution in [2.45, 2.75) is 19.8 Å². The number of nitrogen functional groups attached to an aromatic ring is 1. The Bertz CT molecular complexity index is 1260. The number of nitrogens with one attached hydrogen (secondary N) is 2. The Labute approximate surface area is 153 Å². The third-order valence-corrected chi connectivity index (χ3v) is 4.58. The van der Waals surface area contributed by atoms with Crippen LogP contribution in [0.2, 0.25) is 0 Å². The zero-order valence-electron chi connectivity index (χ0n) is 14.6. The van der Waals surface area contributed by atoms with E-state index in [0.29, 0.717) is 23.9 Å². The Hall–Kier alpha value is -3.48. The number of halogens is 1. The van der Waals surface area contributed by atoms with Gasteiger partial charge in [0, 0.05) is 6.42 Å². The number of aromatic nitrogens is 3. The van der Waals surface area contributed by atoms with Crippen LogP contribution in [0.25, 0.3) is 33.3 Å². The molecule has 4 aromatic rings. The van der Waals surface area contributed by atoms with Crippen molar-refractivity contribution in [3.63, 3.8) is 0 Å². The monoisotopic (exact) mass is 364 g/mol. The number of imidazole rings is 1. The van der Waals surface area contributed by atoms with E-state index >= 15 is 0 Å². The molecular formula is C20H17FN4O2. The van der Waals surface area contributed by atoms with Gasteiger partial charge in [-0.25, -0.2) is 9.37 Å². The Morgan fingerprint density at radius 2 is 2.00 bits per heavy atom. The molecule has 0 radical (unpaired) electrons. The largest absolute Gasteiger partial charge is 0.397 e. The van der Waals surface area contributed by atoms with E-state index in [-0.39, 0.29) is 28.2 Å². The molecule has 2 aromatic carbocycles. The van der Waals surface area contributed by atoms with E-state index in [1.54, 1.807) is 13.0 Å². The zero-order valence-corrected chi connectivity index (χ0v) is 14.6. The molecule has 0 bridgehead atoms. The molecule has 0 spiro atoms. The lowest BCUT2D eigenvalue weighted by molar-refractivity contribution is -0.116. The van der Waals surface area contributed by atoms with Crippen LogP contribution in [0.1, 0.15) is 18.9 Å². The number of H-pyrrole nitrogens is 2. The van der Waals surface area contributed by atoms with Crippen molar-refractivity contribution in [3.05, 3.63) is 58.1 Å². The number of aromatic amines is 2. The number of hydrogen-bond donors (Lipinski definition) is 3. The van der Waals surface area contributed by atoms with Crippen molar-refractivity contribution in [2.24, 2.45) is 0 Å². The summed E-state index contributed by atoms with van der Waals surface area (Å²) in [4.78, 5) is 33.9. The molecule has 0 aliphatic rings. The quantitative estimate of drug-likeness (QED) is 0.517. The number of nitrogens with zero attached hydrogens (tertiary/aromatic N) is 1. The second-order valence-corrected chi connectivity index (χ2v) is 6.54. The smallest absolute Gasteiger partial charge is 0.261 e. The minimum Gasteiger partial charge on any atom is -0.397 e. The first-order valence-electron chi connectivity index (χ1n) is 8.52. The normalized spacial score (nSPS) is 11.3. The van der Waals surface area contributed by atoms with Crippen LogP contribution >= 0.6 is 0 Å². The van der Waals surface area contributed by atoms with Crippen molar-refractivity contribution >= 4 is 33.4 Å². The van der Waals surface area contributed by atoms with E-state index in [2.05, 4.69) is 15.0 Å². The second-order valence-electron chi connectivity index (χ2n) is 6.54. The fraction of sp³-hybridized carbons (Fsp3) is 0.150. The summed E-state index contributed by atoms with van der Waals surface area (Å²) in [6.45, 7) is 1.55. The van der Waals surface area contributed by atoms with Gasteiger partial charge < -0.3 is 20.5 Å². The maximum Gasteiger partial charge on any atom is 0.261 e. The van der Waals surface area contributed by atoms with Crippen LogP contribution in [0.5, 0.6) is 0 Å². The first-order valence-corrected chi connectivity index (χ1v) is 8.52. The van der Waals surface area contributed by atoms with Crippen molar-refractivity contribution in [1.29, 1.82) is 0 Å². The van der Waals surface area contributed by atoms with Gasteiger partial charge >= 0.3 is 0 Å². The van der Waals surface area contributed by atoms with Crippen LogP contribution in [0.3, 0.4) is 0 Å². The van der Waals surface area contributed by atoms with Gasteiger partial charge in [-0.05, 0) is 43.2 Å². The van der Waals surface area contributed by atoms with Crippen LogP contribution in [0.15, 0.2) is 41.2 Å². The molecule has 0 saturated carbocycles. The Balaban J connectivity index is 1.86. The molecule has 0 unspecified atom stereocenters. The highest BCUT2D eigenvalue weighted by Crippen LogP contribution is 2.30. The van der Waals surface area contributed by atoms with E-state index in [4.69, 9.17) is 5.73 Å². The molecule has 0 amide bonds. The molecule has 7 heteroatoms. The Morgan fingerprint density at radius 3 is 2.78 bits per heavy atom. The van der Waals surface area contributed by atoms with Gasteiger partial charge in [-0.1, -0.05) is 12.1 Å². The number of anilines is 1. The lowest BCUT2D eigenvalue weighted by Crippen LogP contribution is -2.13. The molecule has 4 rings (SSSR count). The Morgan fingerprint density at radius 1 is 1.19 bits per heavy atom. The number of rotatable bonds is 4. The number of Topliss-reactive ketones (excluding diaryl/α,β-unsaturated/α-hetero) is 1. The summed E-state index contributed by atoms with van der Waals surface area (Å²) in [7, 11) is 0. The molecular weight excluding hydrogens is 347 g/mol. The SMILES string of the molecule is CC(=O)CCc1ccc2[nH]c(-c3c(N)c4c(F)cccc4[nH]c3=O)nc2c1. The molecule has 0 saturated heterocycles. The summed E-state index contributed by atoms with van der Waals surface area (Å²) in [5.41, 5.74) is 8.52. The number of ketones is 1. The fourth-order valence-electron chi connectivity index (χ4n) is 3.21. The lowest BCUT2D eigenvalue weighted by Gasteiger charge is -2.07. The average Bonchev–Trinajstić information content (AvgIpc) is 3.02. The highest BCUT2D eigenvalue weighted by atomic mass is 19.1. The summed E-state index contributed by atoms with van der Waals surface area (Å²) >= 11 is 0. The van der Waals surface area contributed by atoms with Gasteiger partial charge in [0.2, 0.25) is 0 Å². The first-order chi connectivity index (χ1) is 12.9. The third kappa shape index (κ3) is 2.97. The van der Waals surface area contributed by atoms with E-state index in [0.717, 1.165) is 11.1 Å². The highest BCUT2D eigenvalue weighted by molar-refractivity contribution is 5.98. The van der Waals surface area contributed by atoms with Crippen LogP contribution in [-0.4, -0.2) is 20.7 Å². The topological polar surface area (TPSA) is 105 Å². The lowest BCUT2D eigenvalue weighted by atomic mass is 10.1. The summed E-state index contributed by atoms with van der Waals surface area (Å²) in [6.07, 6.45) is 1.08. The van der Waals surface area contributed by atoms with Crippen LogP contribution in [0.4, 0.5) is 10.1 Å². The standard InChI is InChI=1S/C20H17FN4O2/c1-10(26)5-6-11-7-8-13-15(9-11)24-19(23-13)17-18(22)16-12(21)3-2-4-14(16)25-20(17)27/h2-4,7-9H,5-6H2,1H3,(H,23,24)(H3,22,25,27). The van der Waals surface area contributed by atoms with E-state index in [1.807, 2.05) is 18.2 Å². The summed E-state index contributed by atoms with van der Waals surface area (Å²) < 4.78 is 14.2. The predicted octanol–water partition coefficient (Wildman–Crippen LogP) is 3.31. The van der Waals surface area contributed by atoms with Crippen LogP contribution < -0.4 is 11.3 Å². The molecule has 0 aliphatic carbocycles. The molecule has 0 aliphatic heterocycles. The summed E-state index contributed by atoms with van der Waals surface area (Å²) in [5, 5.41) is 0.162. The van der Waals surface area contributed by atoms with Gasteiger partial charge in [0.1, 0.15) is 23.0 Å². The van der Waals surface area contributed by atoms with Crippen molar-refractivity contribution in [1.82, 2.24) is 15.0 Å². The predicted molar refractivity (Wildman–Crippen MR) is 103 cm³/mol. The Kier molecular flexibility index (Phi) is 3.99. The molecule has 0 atom stereocenters. The van der Waals surface area contributed by atoms with Crippen LogP contribution in [0, 0.1) is 5.82 Å². The third-order valence-electron chi connectivity index (χ3n) is 4.58. The van der Waals surface area contributed by atoms with E-state index < -0.39 is 11.4 Å². The maximum atomic E-state index is 14.2. The van der Waals surface area contributed by atoms with Gasteiger partial charge in [-0.3, -0.25) is 4.79 Å². The van der Waals surface area contributed by atoms with Crippen molar-refractivity contribution in [3.8, 4) is 11.4 Å². The number of carbonyl (C=O) groups excluding carboxylic acids is 1. The fourth-order valence-corrected chi connectivity index (χ4v) is 3.21. The van der Waals surface area contributed by atoms with Crippen molar-refractivity contribution in [2.75, 3.05) is 5.73 Å². The number of benzene rings is 2. The zero-order chi connectivity index (χ0) is 19.1. The van der Waals surface area contributed by atoms with Gasteiger partial charge in [-0.15, -0.1) is 0 Å². The number of fused-ring (bicyclic) bond motifs is 2. The van der Waals surface area contributed by atoms with Gasteiger partial charge in [0.05, 0.1) is 27.6 Å². The highest BCUT2D eigenvalue weighted by Gasteiger charge is 2.18. The van der Waals surface area contributed by atoms with Gasteiger partial charge in [0.25, 0.3) is 5.56 Å². The van der Waals surface area contributed by atoms with E-state index in [9.17, 15) is 14.0 Å². The molecule has 27 heavy (non-hydrogen) atoms. The van der Waals surface area contributed by atoms with Crippen molar-refractivity contribution < 1.29 is 9.18 Å². The molecule has 4 N–H and O–H groups in total. The average molecular weight is 364 g/mol.